The Morgan fingerprint density at radius 2 is 2.50 bits per heavy atom. The predicted molar refractivity (Wildman–Crippen MR) is 40.7 cm³/mol. The molecule has 0 aromatic rings. The standard InChI is InChI=1S/C7H10ClNO/c1-5-2-6(8)3-7(10)9-4-5/h3,5H,2,4H2,1H3,(H,9,10). The minimum atomic E-state index is -0.0747. The molecule has 1 unspecified atom stereocenters. The molecule has 10 heavy (non-hydrogen) atoms. The van der Waals surface area contributed by atoms with Crippen molar-refractivity contribution in [2.24, 2.45) is 5.92 Å². The van der Waals surface area contributed by atoms with Crippen LogP contribution in [0.4, 0.5) is 0 Å². The number of hydrogen-bond donors (Lipinski definition) is 1. The summed E-state index contributed by atoms with van der Waals surface area (Å²) in [5.41, 5.74) is 0. The molecule has 0 aromatic carbocycles. The minimum absolute atomic E-state index is 0.0747. The van der Waals surface area contributed by atoms with Crippen molar-refractivity contribution in [1.82, 2.24) is 5.32 Å². The highest BCUT2D eigenvalue weighted by atomic mass is 35.5. The van der Waals surface area contributed by atoms with Gasteiger partial charge in [-0.25, -0.2) is 0 Å². The number of rotatable bonds is 0. The summed E-state index contributed by atoms with van der Waals surface area (Å²) in [6.07, 6.45) is 2.26. The summed E-state index contributed by atoms with van der Waals surface area (Å²) < 4.78 is 0. The molecule has 2 nitrogen and oxygen atoms in total. The highest BCUT2D eigenvalue weighted by Crippen LogP contribution is 2.16. The number of nitrogens with one attached hydrogen (secondary N) is 1. The highest BCUT2D eigenvalue weighted by molar-refractivity contribution is 6.31. The second kappa shape index (κ2) is 3.06. The third-order valence-corrected chi connectivity index (χ3v) is 1.72. The molecule has 0 aliphatic carbocycles. The summed E-state index contributed by atoms with van der Waals surface area (Å²) in [5, 5.41) is 3.38. The van der Waals surface area contributed by atoms with Gasteiger partial charge in [0.2, 0.25) is 5.91 Å². The first kappa shape index (κ1) is 7.61. The summed E-state index contributed by atoms with van der Waals surface area (Å²) in [4.78, 5) is 10.8. The molecule has 1 rings (SSSR count). The Balaban J connectivity index is 2.64. The van der Waals surface area contributed by atoms with Crippen molar-refractivity contribution in [1.29, 1.82) is 0 Å². The van der Waals surface area contributed by atoms with Crippen molar-refractivity contribution in [3.63, 3.8) is 0 Å². The van der Waals surface area contributed by atoms with E-state index < -0.39 is 0 Å². The molecule has 0 spiro atoms. The molecule has 0 bridgehead atoms. The maximum atomic E-state index is 10.8. The summed E-state index contributed by atoms with van der Waals surface area (Å²) in [7, 11) is 0. The van der Waals surface area contributed by atoms with Crippen LogP contribution < -0.4 is 5.32 Å². The Kier molecular flexibility index (Phi) is 2.33. The first-order valence-corrected chi connectivity index (χ1v) is 3.70. The van der Waals surface area contributed by atoms with Gasteiger partial charge in [0.25, 0.3) is 0 Å². The zero-order chi connectivity index (χ0) is 7.56. The monoisotopic (exact) mass is 159 g/mol. The first-order chi connectivity index (χ1) is 4.68. The van der Waals surface area contributed by atoms with Gasteiger partial charge in [-0.05, 0) is 12.3 Å². The number of halogens is 1. The Labute approximate surface area is 65.2 Å². The SMILES string of the molecule is CC1CNC(=O)C=C(Cl)C1. The van der Waals surface area contributed by atoms with E-state index >= 15 is 0 Å². The number of carbonyl (C=O) groups excluding carboxylic acids is 1. The van der Waals surface area contributed by atoms with Crippen LogP contribution in [0.2, 0.25) is 0 Å². The average Bonchev–Trinajstić information content (AvgIpc) is 1.93. The molecule has 0 aromatic heterocycles. The predicted octanol–water partition coefficient (Wildman–Crippen LogP) is 1.27. The van der Waals surface area contributed by atoms with Crippen molar-refractivity contribution in [2.45, 2.75) is 13.3 Å². The second-order valence-electron chi connectivity index (χ2n) is 2.65. The molecule has 0 radical (unpaired) electrons. The molecule has 1 amide bonds. The van der Waals surface area contributed by atoms with E-state index in [0.717, 1.165) is 13.0 Å². The van der Waals surface area contributed by atoms with Gasteiger partial charge in [0.15, 0.2) is 0 Å². The molecular formula is C7H10ClNO. The van der Waals surface area contributed by atoms with Crippen LogP contribution in [0.15, 0.2) is 11.1 Å². The molecule has 1 atom stereocenters. The van der Waals surface area contributed by atoms with Crippen molar-refractivity contribution in [3.8, 4) is 0 Å². The van der Waals surface area contributed by atoms with Crippen LogP contribution in [0.25, 0.3) is 0 Å². The van der Waals surface area contributed by atoms with Crippen LogP contribution in [-0.4, -0.2) is 12.5 Å². The molecule has 3 heteroatoms. The molecule has 0 fully saturated rings. The molecule has 1 aliphatic rings. The van der Waals surface area contributed by atoms with Crippen molar-refractivity contribution in [3.05, 3.63) is 11.1 Å². The number of allylic oxidation sites excluding steroid dienone is 1. The van der Waals surface area contributed by atoms with Gasteiger partial charge in [-0.2, -0.15) is 0 Å². The topological polar surface area (TPSA) is 29.1 Å². The fourth-order valence-electron chi connectivity index (χ4n) is 0.932. The quantitative estimate of drug-likeness (QED) is 0.567. The second-order valence-corrected chi connectivity index (χ2v) is 3.13. The van der Waals surface area contributed by atoms with E-state index in [1.165, 1.54) is 6.08 Å². The Morgan fingerprint density at radius 3 is 3.20 bits per heavy atom. The maximum Gasteiger partial charge on any atom is 0.245 e. The van der Waals surface area contributed by atoms with E-state index in [9.17, 15) is 4.79 Å². The van der Waals surface area contributed by atoms with Crippen LogP contribution in [0.1, 0.15) is 13.3 Å². The van der Waals surface area contributed by atoms with Crippen LogP contribution >= 0.6 is 11.6 Å². The number of hydrogen-bond acceptors (Lipinski definition) is 1. The molecule has 1 aliphatic heterocycles. The lowest BCUT2D eigenvalue weighted by Crippen LogP contribution is -2.24. The van der Waals surface area contributed by atoms with Gasteiger partial charge in [-0.15, -0.1) is 0 Å². The lowest BCUT2D eigenvalue weighted by Gasteiger charge is -2.05. The fraction of sp³-hybridized carbons (Fsp3) is 0.571. The van der Waals surface area contributed by atoms with Gasteiger partial charge >= 0.3 is 0 Å². The average molecular weight is 160 g/mol. The van der Waals surface area contributed by atoms with E-state index in [2.05, 4.69) is 12.2 Å². The molecule has 0 saturated heterocycles. The Bertz CT molecular complexity index is 176. The molecule has 1 heterocycles. The molecular weight excluding hydrogens is 150 g/mol. The summed E-state index contributed by atoms with van der Waals surface area (Å²) in [6.45, 7) is 2.79. The van der Waals surface area contributed by atoms with Gasteiger partial charge in [-0.1, -0.05) is 18.5 Å². The minimum Gasteiger partial charge on any atom is -0.352 e. The Hall–Kier alpha value is -0.500. The summed E-state index contributed by atoms with van der Waals surface area (Å²) >= 11 is 5.71. The third kappa shape index (κ3) is 2.03. The zero-order valence-corrected chi connectivity index (χ0v) is 6.61. The fourth-order valence-corrected chi connectivity index (χ4v) is 1.29. The van der Waals surface area contributed by atoms with Gasteiger partial charge in [0, 0.05) is 17.7 Å². The molecule has 1 N–H and O–H groups in total. The number of carbonyl (C=O) groups is 1. The summed E-state index contributed by atoms with van der Waals surface area (Å²) in [6, 6.07) is 0. The lowest BCUT2D eigenvalue weighted by molar-refractivity contribution is -0.116. The van der Waals surface area contributed by atoms with E-state index in [4.69, 9.17) is 11.6 Å². The van der Waals surface area contributed by atoms with Crippen LogP contribution in [0.3, 0.4) is 0 Å². The van der Waals surface area contributed by atoms with E-state index in [1.807, 2.05) is 0 Å². The number of amides is 1. The van der Waals surface area contributed by atoms with Crippen LogP contribution in [0, 0.1) is 5.92 Å². The van der Waals surface area contributed by atoms with Gasteiger partial charge in [0.1, 0.15) is 0 Å². The maximum absolute atomic E-state index is 10.8. The van der Waals surface area contributed by atoms with Crippen molar-refractivity contribution < 1.29 is 4.79 Å². The summed E-state index contributed by atoms with van der Waals surface area (Å²) in [5.74, 6) is 0.379. The normalized spacial score (nSPS) is 26.8. The molecule has 0 saturated carbocycles. The van der Waals surface area contributed by atoms with Gasteiger partial charge in [-0.3, -0.25) is 4.79 Å². The Morgan fingerprint density at radius 1 is 1.80 bits per heavy atom. The van der Waals surface area contributed by atoms with Crippen LogP contribution in [-0.2, 0) is 4.79 Å². The lowest BCUT2D eigenvalue weighted by atomic mass is 10.1. The first-order valence-electron chi connectivity index (χ1n) is 3.32. The highest BCUT2D eigenvalue weighted by Gasteiger charge is 2.10. The van der Waals surface area contributed by atoms with Crippen molar-refractivity contribution >= 4 is 17.5 Å². The largest absolute Gasteiger partial charge is 0.352 e. The molecule has 56 valence electrons. The smallest absolute Gasteiger partial charge is 0.245 e. The van der Waals surface area contributed by atoms with E-state index in [-0.39, 0.29) is 5.91 Å². The zero-order valence-electron chi connectivity index (χ0n) is 5.86. The van der Waals surface area contributed by atoms with E-state index in [0.29, 0.717) is 11.0 Å². The van der Waals surface area contributed by atoms with Gasteiger partial charge in [0.05, 0.1) is 0 Å². The van der Waals surface area contributed by atoms with E-state index in [1.54, 1.807) is 0 Å². The van der Waals surface area contributed by atoms with Crippen LogP contribution in [0.5, 0.6) is 0 Å². The van der Waals surface area contributed by atoms with Gasteiger partial charge < -0.3 is 5.32 Å². The third-order valence-electron chi connectivity index (χ3n) is 1.46. The van der Waals surface area contributed by atoms with Crippen molar-refractivity contribution in [2.75, 3.05) is 6.54 Å².